The van der Waals surface area contributed by atoms with Gasteiger partial charge in [0.15, 0.2) is 0 Å². The van der Waals surface area contributed by atoms with E-state index in [-0.39, 0.29) is 6.04 Å². The molecule has 2 heteroatoms. The van der Waals surface area contributed by atoms with E-state index >= 15 is 0 Å². The standard InChI is InChI=1S/C16H22N2/c1-12-8-13(2)16(14(3)9-12)11-18-7-5-4-6-15(18)10-17/h8-9,15H,4-7,11H2,1-3H3. The van der Waals surface area contributed by atoms with Gasteiger partial charge < -0.3 is 0 Å². The molecule has 0 aromatic heterocycles. The molecule has 1 aliphatic rings. The van der Waals surface area contributed by atoms with Crippen LogP contribution in [0.5, 0.6) is 0 Å². The maximum atomic E-state index is 9.23. The zero-order chi connectivity index (χ0) is 13.1. The third kappa shape index (κ3) is 2.73. The quantitative estimate of drug-likeness (QED) is 0.793. The van der Waals surface area contributed by atoms with E-state index in [4.69, 9.17) is 0 Å². The van der Waals surface area contributed by atoms with Crippen LogP contribution in [0.1, 0.15) is 41.5 Å². The van der Waals surface area contributed by atoms with Crippen LogP contribution in [0.25, 0.3) is 0 Å². The van der Waals surface area contributed by atoms with Crippen LogP contribution < -0.4 is 0 Å². The van der Waals surface area contributed by atoms with Gasteiger partial charge in [-0.1, -0.05) is 17.7 Å². The molecule has 1 saturated heterocycles. The summed E-state index contributed by atoms with van der Waals surface area (Å²) < 4.78 is 0. The van der Waals surface area contributed by atoms with Crippen molar-refractivity contribution in [3.8, 4) is 6.07 Å². The second-order valence-electron chi connectivity index (χ2n) is 5.49. The number of hydrogen-bond acceptors (Lipinski definition) is 2. The summed E-state index contributed by atoms with van der Waals surface area (Å²) in [6.45, 7) is 8.49. The second-order valence-corrected chi connectivity index (χ2v) is 5.49. The van der Waals surface area contributed by atoms with E-state index < -0.39 is 0 Å². The zero-order valence-corrected chi connectivity index (χ0v) is 11.7. The second kappa shape index (κ2) is 5.54. The number of likely N-dealkylation sites (tertiary alicyclic amines) is 1. The Morgan fingerprint density at radius 3 is 2.50 bits per heavy atom. The van der Waals surface area contributed by atoms with Crippen molar-refractivity contribution in [1.82, 2.24) is 4.90 Å². The summed E-state index contributed by atoms with van der Waals surface area (Å²) in [5.41, 5.74) is 5.44. The molecular formula is C16H22N2. The molecule has 0 radical (unpaired) electrons. The predicted molar refractivity (Wildman–Crippen MR) is 74.3 cm³/mol. The van der Waals surface area contributed by atoms with E-state index in [9.17, 15) is 5.26 Å². The third-order valence-electron chi connectivity index (χ3n) is 3.96. The number of benzene rings is 1. The lowest BCUT2D eigenvalue weighted by atomic mass is 9.97. The van der Waals surface area contributed by atoms with Gasteiger partial charge >= 0.3 is 0 Å². The van der Waals surface area contributed by atoms with E-state index in [0.29, 0.717) is 0 Å². The first-order chi connectivity index (χ1) is 8.61. The molecule has 1 aromatic carbocycles. The molecule has 0 aliphatic carbocycles. The topological polar surface area (TPSA) is 27.0 Å². The van der Waals surface area contributed by atoms with Gasteiger partial charge in [0.1, 0.15) is 0 Å². The highest BCUT2D eigenvalue weighted by Crippen LogP contribution is 2.23. The van der Waals surface area contributed by atoms with Crippen molar-refractivity contribution >= 4 is 0 Å². The molecule has 0 N–H and O–H groups in total. The molecule has 0 spiro atoms. The molecule has 0 saturated carbocycles. The van der Waals surface area contributed by atoms with Crippen LogP contribution in [0, 0.1) is 32.1 Å². The van der Waals surface area contributed by atoms with E-state index in [2.05, 4.69) is 43.9 Å². The molecule has 96 valence electrons. The fraction of sp³-hybridized carbons (Fsp3) is 0.562. The number of nitriles is 1. The van der Waals surface area contributed by atoms with Gasteiger partial charge in [0.25, 0.3) is 0 Å². The molecule has 0 amide bonds. The monoisotopic (exact) mass is 242 g/mol. The maximum Gasteiger partial charge on any atom is 0.0980 e. The molecule has 1 unspecified atom stereocenters. The van der Waals surface area contributed by atoms with Crippen molar-refractivity contribution in [2.24, 2.45) is 0 Å². The van der Waals surface area contributed by atoms with Gasteiger partial charge in [0, 0.05) is 6.54 Å². The summed E-state index contributed by atoms with van der Waals surface area (Å²) in [5, 5.41) is 9.23. The number of rotatable bonds is 2. The molecule has 1 aliphatic heterocycles. The van der Waals surface area contributed by atoms with Crippen molar-refractivity contribution < 1.29 is 0 Å². The Hall–Kier alpha value is -1.33. The Bertz CT molecular complexity index is 447. The lowest BCUT2D eigenvalue weighted by Crippen LogP contribution is -2.38. The van der Waals surface area contributed by atoms with E-state index in [1.165, 1.54) is 35.1 Å². The van der Waals surface area contributed by atoms with Gasteiger partial charge in [-0.15, -0.1) is 0 Å². The third-order valence-corrected chi connectivity index (χ3v) is 3.96. The number of hydrogen-bond donors (Lipinski definition) is 0. The molecule has 1 fully saturated rings. The highest BCUT2D eigenvalue weighted by atomic mass is 15.2. The fourth-order valence-corrected chi connectivity index (χ4v) is 2.99. The van der Waals surface area contributed by atoms with E-state index in [1.807, 2.05) is 0 Å². The van der Waals surface area contributed by atoms with Crippen molar-refractivity contribution in [2.75, 3.05) is 6.54 Å². The van der Waals surface area contributed by atoms with Crippen LogP contribution in [0.4, 0.5) is 0 Å². The van der Waals surface area contributed by atoms with Gasteiger partial charge in [-0.25, -0.2) is 0 Å². The maximum absolute atomic E-state index is 9.23. The van der Waals surface area contributed by atoms with Crippen LogP contribution >= 0.6 is 0 Å². The van der Waals surface area contributed by atoms with Crippen LogP contribution in [-0.4, -0.2) is 17.5 Å². The molecule has 0 bridgehead atoms. The van der Waals surface area contributed by atoms with Crippen LogP contribution in [0.3, 0.4) is 0 Å². The summed E-state index contributed by atoms with van der Waals surface area (Å²) in [4.78, 5) is 2.34. The van der Waals surface area contributed by atoms with Crippen LogP contribution in [0.15, 0.2) is 12.1 Å². The summed E-state index contributed by atoms with van der Waals surface area (Å²) >= 11 is 0. The number of aryl methyl sites for hydroxylation is 3. The highest BCUT2D eigenvalue weighted by molar-refractivity contribution is 5.37. The minimum Gasteiger partial charge on any atom is -0.284 e. The normalized spacial score (nSPS) is 20.7. The molecule has 2 rings (SSSR count). The van der Waals surface area contributed by atoms with Gasteiger partial charge in [-0.2, -0.15) is 5.26 Å². The van der Waals surface area contributed by atoms with Gasteiger partial charge in [-0.05, 0) is 63.3 Å². The summed E-state index contributed by atoms with van der Waals surface area (Å²) in [6.07, 6.45) is 3.45. The van der Waals surface area contributed by atoms with Crippen molar-refractivity contribution in [3.63, 3.8) is 0 Å². The Labute approximate surface area is 110 Å². The van der Waals surface area contributed by atoms with Crippen LogP contribution in [-0.2, 0) is 6.54 Å². The summed E-state index contributed by atoms with van der Waals surface area (Å²) in [7, 11) is 0. The lowest BCUT2D eigenvalue weighted by molar-refractivity contribution is 0.176. The minimum atomic E-state index is 0.110. The Kier molecular flexibility index (Phi) is 4.04. The van der Waals surface area contributed by atoms with Gasteiger partial charge in [0.05, 0.1) is 12.1 Å². The Balaban J connectivity index is 2.21. The van der Waals surface area contributed by atoms with E-state index in [1.54, 1.807) is 0 Å². The average molecular weight is 242 g/mol. The first kappa shape index (κ1) is 13.1. The SMILES string of the molecule is Cc1cc(C)c(CN2CCCCC2C#N)c(C)c1. The molecule has 1 heterocycles. The van der Waals surface area contributed by atoms with Crippen molar-refractivity contribution in [3.05, 3.63) is 34.4 Å². The van der Waals surface area contributed by atoms with Gasteiger partial charge in [-0.3, -0.25) is 4.90 Å². The highest BCUT2D eigenvalue weighted by Gasteiger charge is 2.22. The summed E-state index contributed by atoms with van der Waals surface area (Å²) in [5.74, 6) is 0. The van der Waals surface area contributed by atoms with Crippen molar-refractivity contribution in [2.45, 2.75) is 52.6 Å². The average Bonchev–Trinajstić information content (AvgIpc) is 2.34. The Morgan fingerprint density at radius 2 is 1.89 bits per heavy atom. The first-order valence-electron chi connectivity index (χ1n) is 6.82. The Morgan fingerprint density at radius 1 is 1.22 bits per heavy atom. The van der Waals surface area contributed by atoms with Crippen LogP contribution in [0.2, 0.25) is 0 Å². The molecule has 2 nitrogen and oxygen atoms in total. The summed E-state index contributed by atoms with van der Waals surface area (Å²) in [6, 6.07) is 7.05. The molecular weight excluding hydrogens is 220 g/mol. The predicted octanol–water partition coefficient (Wildman–Crippen LogP) is 3.49. The molecule has 1 atom stereocenters. The molecule has 18 heavy (non-hydrogen) atoms. The lowest BCUT2D eigenvalue weighted by Gasteiger charge is -2.32. The number of piperidine rings is 1. The van der Waals surface area contributed by atoms with Crippen molar-refractivity contribution in [1.29, 1.82) is 5.26 Å². The number of nitrogens with zero attached hydrogens (tertiary/aromatic N) is 2. The largest absolute Gasteiger partial charge is 0.284 e. The first-order valence-corrected chi connectivity index (χ1v) is 6.82. The fourth-order valence-electron chi connectivity index (χ4n) is 2.99. The smallest absolute Gasteiger partial charge is 0.0980 e. The molecule has 1 aromatic rings. The van der Waals surface area contributed by atoms with Gasteiger partial charge in [0.2, 0.25) is 0 Å². The van der Waals surface area contributed by atoms with E-state index in [0.717, 1.165) is 19.5 Å². The zero-order valence-electron chi connectivity index (χ0n) is 11.7. The minimum absolute atomic E-state index is 0.110.